The first kappa shape index (κ1) is 17.2. The van der Waals surface area contributed by atoms with Crippen LogP contribution in [0.25, 0.3) is 0 Å². The average molecular weight is 315 g/mol. The number of halogens is 1. The lowest BCUT2D eigenvalue weighted by Gasteiger charge is -2.08. The van der Waals surface area contributed by atoms with Gasteiger partial charge in [-0.15, -0.1) is 0 Å². The predicted octanol–water partition coefficient (Wildman–Crippen LogP) is 0.659. The summed E-state index contributed by atoms with van der Waals surface area (Å²) in [5.41, 5.74) is 0.343. The van der Waals surface area contributed by atoms with Gasteiger partial charge in [-0.3, -0.25) is 9.59 Å². The summed E-state index contributed by atoms with van der Waals surface area (Å²) in [7, 11) is 1.54. The Morgan fingerprint density at radius 3 is 2.76 bits per heavy atom. The molecule has 3 N–H and O–H groups in total. The molecule has 1 aromatic rings. The van der Waals surface area contributed by atoms with Gasteiger partial charge < -0.3 is 20.7 Å². The van der Waals surface area contributed by atoms with Crippen molar-refractivity contribution in [1.29, 1.82) is 0 Å². The molecular formula is C13H19ClN4O3. The summed E-state index contributed by atoms with van der Waals surface area (Å²) in [6.45, 7) is 3.28. The summed E-state index contributed by atoms with van der Waals surface area (Å²) in [6, 6.07) is 3.02. The summed E-state index contributed by atoms with van der Waals surface area (Å²) < 4.78 is 4.81. The third kappa shape index (κ3) is 6.42. The van der Waals surface area contributed by atoms with Crippen molar-refractivity contribution in [1.82, 2.24) is 15.6 Å². The van der Waals surface area contributed by atoms with Crippen LogP contribution in [0.1, 0.15) is 17.3 Å². The van der Waals surface area contributed by atoms with E-state index in [0.717, 1.165) is 0 Å². The van der Waals surface area contributed by atoms with E-state index in [0.29, 0.717) is 31.1 Å². The maximum atomic E-state index is 12.0. The maximum absolute atomic E-state index is 12.0. The molecule has 0 spiro atoms. The minimum absolute atomic E-state index is 0.112. The first-order valence-corrected chi connectivity index (χ1v) is 6.90. The van der Waals surface area contributed by atoms with Crippen molar-refractivity contribution in [3.05, 3.63) is 22.8 Å². The van der Waals surface area contributed by atoms with Gasteiger partial charge in [0.15, 0.2) is 0 Å². The van der Waals surface area contributed by atoms with Crippen LogP contribution >= 0.6 is 11.6 Å². The van der Waals surface area contributed by atoms with Gasteiger partial charge in [0.25, 0.3) is 5.91 Å². The van der Waals surface area contributed by atoms with E-state index in [1.807, 2.05) is 6.92 Å². The highest BCUT2D eigenvalue weighted by atomic mass is 35.5. The average Bonchev–Trinajstić information content (AvgIpc) is 2.44. The van der Waals surface area contributed by atoms with Gasteiger partial charge in [0.1, 0.15) is 11.0 Å². The second-order valence-corrected chi connectivity index (χ2v) is 4.51. The molecule has 0 fully saturated rings. The highest BCUT2D eigenvalue weighted by molar-refractivity contribution is 6.29. The SMILES string of the molecule is CCNc1cc(C(=O)NCC(=O)NCCOC)cc(Cl)n1. The minimum atomic E-state index is -0.389. The number of carbonyl (C=O) groups excluding carboxylic acids is 2. The van der Waals surface area contributed by atoms with Gasteiger partial charge in [0.05, 0.1) is 13.2 Å². The molecule has 0 aromatic carbocycles. The van der Waals surface area contributed by atoms with E-state index in [2.05, 4.69) is 20.9 Å². The predicted molar refractivity (Wildman–Crippen MR) is 80.6 cm³/mol. The van der Waals surface area contributed by atoms with Crippen molar-refractivity contribution in [2.45, 2.75) is 6.92 Å². The van der Waals surface area contributed by atoms with Crippen molar-refractivity contribution in [3.8, 4) is 0 Å². The van der Waals surface area contributed by atoms with Crippen molar-refractivity contribution >= 4 is 29.2 Å². The van der Waals surface area contributed by atoms with Crippen LogP contribution in [0.4, 0.5) is 5.82 Å². The third-order valence-electron chi connectivity index (χ3n) is 2.45. The number of carbonyl (C=O) groups is 2. The van der Waals surface area contributed by atoms with E-state index in [4.69, 9.17) is 16.3 Å². The molecule has 2 amide bonds. The number of methoxy groups -OCH3 is 1. The number of nitrogens with zero attached hydrogens (tertiary/aromatic N) is 1. The van der Waals surface area contributed by atoms with Crippen molar-refractivity contribution in [2.75, 3.05) is 38.7 Å². The number of anilines is 1. The Morgan fingerprint density at radius 1 is 1.33 bits per heavy atom. The largest absolute Gasteiger partial charge is 0.383 e. The van der Waals surface area contributed by atoms with Crippen LogP contribution in [0.2, 0.25) is 5.15 Å². The van der Waals surface area contributed by atoms with Gasteiger partial charge in [-0.2, -0.15) is 0 Å². The van der Waals surface area contributed by atoms with Crippen LogP contribution in [0.15, 0.2) is 12.1 Å². The lowest BCUT2D eigenvalue weighted by molar-refractivity contribution is -0.120. The zero-order chi connectivity index (χ0) is 15.7. The fraction of sp³-hybridized carbons (Fsp3) is 0.462. The second kappa shape index (κ2) is 9.15. The molecule has 0 bridgehead atoms. The van der Waals surface area contributed by atoms with Gasteiger partial charge in [0.2, 0.25) is 5.91 Å². The van der Waals surface area contributed by atoms with E-state index < -0.39 is 0 Å². The van der Waals surface area contributed by atoms with Gasteiger partial charge in [-0.1, -0.05) is 11.6 Å². The summed E-state index contributed by atoms with van der Waals surface area (Å²) in [6.07, 6.45) is 0. The van der Waals surface area contributed by atoms with Crippen LogP contribution in [0, 0.1) is 0 Å². The number of hydrogen-bond acceptors (Lipinski definition) is 5. The quantitative estimate of drug-likeness (QED) is 0.484. The van der Waals surface area contributed by atoms with Crippen molar-refractivity contribution in [2.24, 2.45) is 0 Å². The van der Waals surface area contributed by atoms with Gasteiger partial charge >= 0.3 is 0 Å². The molecule has 21 heavy (non-hydrogen) atoms. The highest BCUT2D eigenvalue weighted by Gasteiger charge is 2.10. The molecular weight excluding hydrogens is 296 g/mol. The molecule has 0 aliphatic carbocycles. The summed E-state index contributed by atoms with van der Waals surface area (Å²) in [5, 5.41) is 8.31. The molecule has 0 radical (unpaired) electrons. The Bertz CT molecular complexity index is 496. The molecule has 0 aliphatic heterocycles. The van der Waals surface area contributed by atoms with E-state index in [9.17, 15) is 9.59 Å². The van der Waals surface area contributed by atoms with Crippen LogP contribution in [-0.4, -0.2) is 50.1 Å². The molecule has 0 unspecified atom stereocenters. The smallest absolute Gasteiger partial charge is 0.251 e. The highest BCUT2D eigenvalue weighted by Crippen LogP contribution is 2.14. The fourth-order valence-corrected chi connectivity index (χ4v) is 1.73. The monoisotopic (exact) mass is 314 g/mol. The molecule has 0 aliphatic rings. The number of hydrogen-bond donors (Lipinski definition) is 3. The van der Waals surface area contributed by atoms with Crippen molar-refractivity contribution < 1.29 is 14.3 Å². The standard InChI is InChI=1S/C13H19ClN4O3/c1-3-15-11-7-9(6-10(14)18-11)13(20)17-8-12(19)16-4-5-21-2/h6-7H,3-5,8H2,1-2H3,(H,15,18)(H,16,19)(H,17,20). The van der Waals surface area contributed by atoms with Crippen molar-refractivity contribution in [3.63, 3.8) is 0 Å². The summed E-state index contributed by atoms with van der Waals surface area (Å²) >= 11 is 5.85. The van der Waals surface area contributed by atoms with E-state index in [-0.39, 0.29) is 23.5 Å². The molecule has 0 saturated heterocycles. The Balaban J connectivity index is 2.53. The van der Waals surface area contributed by atoms with Gasteiger partial charge in [-0.25, -0.2) is 4.98 Å². The number of nitrogens with one attached hydrogen (secondary N) is 3. The minimum Gasteiger partial charge on any atom is -0.383 e. The summed E-state index contributed by atoms with van der Waals surface area (Å²) in [4.78, 5) is 27.4. The molecule has 0 saturated carbocycles. The first-order valence-electron chi connectivity index (χ1n) is 6.52. The first-order chi connectivity index (χ1) is 10.1. The topological polar surface area (TPSA) is 92.4 Å². The Hall–Kier alpha value is -1.86. The molecule has 0 atom stereocenters. The number of ether oxygens (including phenoxy) is 1. The number of rotatable bonds is 8. The zero-order valence-electron chi connectivity index (χ0n) is 12.0. The molecule has 116 valence electrons. The number of amides is 2. The second-order valence-electron chi connectivity index (χ2n) is 4.12. The van der Waals surface area contributed by atoms with Crippen LogP contribution in [0.5, 0.6) is 0 Å². The van der Waals surface area contributed by atoms with Gasteiger partial charge in [0, 0.05) is 25.8 Å². The molecule has 1 heterocycles. The van der Waals surface area contributed by atoms with Crippen LogP contribution in [0.3, 0.4) is 0 Å². The number of aromatic nitrogens is 1. The van der Waals surface area contributed by atoms with Gasteiger partial charge in [-0.05, 0) is 19.1 Å². The fourth-order valence-electron chi connectivity index (χ4n) is 1.52. The number of pyridine rings is 1. The molecule has 7 nitrogen and oxygen atoms in total. The lowest BCUT2D eigenvalue weighted by atomic mass is 10.2. The summed E-state index contributed by atoms with van der Waals surface area (Å²) in [5.74, 6) is -0.160. The Labute approximate surface area is 128 Å². The zero-order valence-corrected chi connectivity index (χ0v) is 12.8. The Kier molecular flexibility index (Phi) is 7.49. The van der Waals surface area contributed by atoms with E-state index >= 15 is 0 Å². The third-order valence-corrected chi connectivity index (χ3v) is 2.65. The lowest BCUT2D eigenvalue weighted by Crippen LogP contribution is -2.38. The maximum Gasteiger partial charge on any atom is 0.251 e. The molecule has 1 aromatic heterocycles. The normalized spacial score (nSPS) is 10.0. The Morgan fingerprint density at radius 2 is 2.10 bits per heavy atom. The molecule has 8 heteroatoms. The van der Waals surface area contributed by atoms with Crippen LogP contribution < -0.4 is 16.0 Å². The van der Waals surface area contributed by atoms with E-state index in [1.54, 1.807) is 13.2 Å². The molecule has 1 rings (SSSR count). The van der Waals surface area contributed by atoms with E-state index in [1.165, 1.54) is 6.07 Å². The van der Waals surface area contributed by atoms with Crippen LogP contribution in [-0.2, 0) is 9.53 Å².